The molecule has 0 saturated carbocycles. The van der Waals surface area contributed by atoms with Gasteiger partial charge in [0.15, 0.2) is 0 Å². The molecule has 3 aromatic rings. The Morgan fingerprint density at radius 3 is 2.58 bits per heavy atom. The summed E-state index contributed by atoms with van der Waals surface area (Å²) in [7, 11) is 0. The van der Waals surface area contributed by atoms with Crippen molar-refractivity contribution in [2.45, 2.75) is 25.7 Å². The molecule has 3 aliphatic rings. The topological polar surface area (TPSA) is 12.4 Å². The molecule has 1 heteroatoms. The molecule has 3 aromatic carbocycles. The van der Waals surface area contributed by atoms with Gasteiger partial charge in [0.05, 0.1) is 5.70 Å². The predicted molar refractivity (Wildman–Crippen MR) is 112 cm³/mol. The number of fused-ring (bicyclic) bond motifs is 6. The Hall–Kier alpha value is -2.93. The summed E-state index contributed by atoms with van der Waals surface area (Å²) < 4.78 is 0. The first kappa shape index (κ1) is 15.3. The van der Waals surface area contributed by atoms with Crippen molar-refractivity contribution in [1.29, 1.82) is 0 Å². The monoisotopic (exact) mass is 335 g/mol. The number of aryl methyl sites for hydroxylation is 2. The second kappa shape index (κ2) is 6.42. The molecule has 1 heterocycles. The minimum Gasteiger partial charge on any atom is -0.256 e. The summed E-state index contributed by atoms with van der Waals surface area (Å²) in [6.45, 7) is 0. The normalized spacial score (nSPS) is 16.8. The van der Waals surface area contributed by atoms with E-state index < -0.39 is 0 Å². The largest absolute Gasteiger partial charge is 0.256 e. The quantitative estimate of drug-likeness (QED) is 0.426. The van der Waals surface area contributed by atoms with Gasteiger partial charge in [-0.05, 0) is 70.5 Å². The van der Waals surface area contributed by atoms with E-state index in [1.165, 1.54) is 52.8 Å². The first-order chi connectivity index (χ1) is 12.9. The van der Waals surface area contributed by atoms with Crippen LogP contribution in [-0.2, 0) is 12.8 Å². The van der Waals surface area contributed by atoms with E-state index in [4.69, 9.17) is 0 Å². The molecule has 2 aliphatic carbocycles. The lowest BCUT2D eigenvalue weighted by Crippen LogP contribution is -2.02. The molecule has 0 bridgehead atoms. The van der Waals surface area contributed by atoms with Crippen LogP contribution in [0.15, 0.2) is 89.1 Å². The van der Waals surface area contributed by atoms with Gasteiger partial charge in [0.2, 0.25) is 0 Å². The summed E-state index contributed by atoms with van der Waals surface area (Å²) in [5.41, 5.74) is 5.52. The molecular weight excluding hydrogens is 314 g/mol. The van der Waals surface area contributed by atoms with E-state index in [1.807, 2.05) is 24.4 Å². The Morgan fingerprint density at radius 1 is 0.731 bits per heavy atom. The highest BCUT2D eigenvalue weighted by Crippen LogP contribution is 2.33. The first-order valence-electron chi connectivity index (χ1n) is 9.45. The maximum atomic E-state index is 4.08. The number of allylic oxidation sites excluding steroid dienone is 4. The Bertz CT molecular complexity index is 1100. The van der Waals surface area contributed by atoms with Gasteiger partial charge in [0.25, 0.3) is 0 Å². The summed E-state index contributed by atoms with van der Waals surface area (Å²) in [5, 5.41) is 5.64. The highest BCUT2D eigenvalue weighted by Gasteiger charge is 2.13. The average Bonchev–Trinajstić information content (AvgIpc) is 3.33. The molecule has 0 fully saturated rings. The molecule has 0 aromatic heterocycles. The first-order valence-corrected chi connectivity index (χ1v) is 9.45. The Labute approximate surface area is 154 Å². The fourth-order valence-electron chi connectivity index (χ4n) is 4.22. The lowest BCUT2D eigenvalue weighted by Gasteiger charge is -2.18. The maximum absolute atomic E-state index is 4.08. The molecule has 6 rings (SSSR count). The van der Waals surface area contributed by atoms with Gasteiger partial charge in [-0.15, -0.1) is 0 Å². The molecule has 0 unspecified atom stereocenters. The summed E-state index contributed by atoms with van der Waals surface area (Å²) in [6, 6.07) is 18.0. The number of aliphatic imine (C=N–C) groups is 1. The molecule has 0 N–H and O–H groups in total. The third kappa shape index (κ3) is 2.61. The van der Waals surface area contributed by atoms with Crippen LogP contribution in [0.4, 0.5) is 0 Å². The van der Waals surface area contributed by atoms with Gasteiger partial charge < -0.3 is 0 Å². The van der Waals surface area contributed by atoms with Gasteiger partial charge in [-0.3, -0.25) is 4.99 Å². The molecule has 0 atom stereocenters. The van der Waals surface area contributed by atoms with Crippen LogP contribution in [0.3, 0.4) is 0 Å². The second-order valence-corrected chi connectivity index (χ2v) is 7.10. The lowest BCUT2D eigenvalue weighted by molar-refractivity contribution is 0.690. The van der Waals surface area contributed by atoms with Crippen LogP contribution < -0.4 is 0 Å². The van der Waals surface area contributed by atoms with E-state index in [9.17, 15) is 0 Å². The highest BCUT2D eigenvalue weighted by atomic mass is 14.8. The summed E-state index contributed by atoms with van der Waals surface area (Å²) >= 11 is 0. The third-order valence-corrected chi connectivity index (χ3v) is 5.55. The molecule has 26 heavy (non-hydrogen) atoms. The van der Waals surface area contributed by atoms with Gasteiger partial charge in [-0.1, -0.05) is 60.7 Å². The van der Waals surface area contributed by atoms with Crippen LogP contribution in [0.25, 0.3) is 21.5 Å². The number of nitrogens with zero attached hydrogens (tertiary/aromatic N) is 1. The van der Waals surface area contributed by atoms with Crippen molar-refractivity contribution in [3.8, 4) is 0 Å². The second-order valence-electron chi connectivity index (χ2n) is 7.10. The van der Waals surface area contributed by atoms with Crippen molar-refractivity contribution in [3.63, 3.8) is 0 Å². The van der Waals surface area contributed by atoms with E-state index >= 15 is 0 Å². The van der Waals surface area contributed by atoms with Crippen molar-refractivity contribution >= 4 is 27.8 Å². The van der Waals surface area contributed by atoms with Crippen molar-refractivity contribution < 1.29 is 0 Å². The minimum absolute atomic E-state index is 1.10. The maximum Gasteiger partial charge on any atom is 0.0702 e. The summed E-state index contributed by atoms with van der Waals surface area (Å²) in [4.78, 5) is 4.08. The van der Waals surface area contributed by atoms with Crippen LogP contribution in [-0.4, -0.2) is 6.21 Å². The molecule has 0 spiro atoms. The van der Waals surface area contributed by atoms with Crippen LogP contribution in [0.2, 0.25) is 0 Å². The molecule has 0 radical (unpaired) electrons. The molecule has 126 valence electrons. The SMILES string of the molecule is C1=CC2=CC=NC2=C1.c1ccc2c(c1)ccc1c3c(ccc12)CCCC3. The number of hydrogen-bond acceptors (Lipinski definition) is 1. The third-order valence-electron chi connectivity index (χ3n) is 5.55. The molecule has 1 nitrogen and oxygen atoms in total. The average molecular weight is 335 g/mol. The van der Waals surface area contributed by atoms with E-state index in [0.717, 1.165) is 5.70 Å². The van der Waals surface area contributed by atoms with Gasteiger partial charge >= 0.3 is 0 Å². The van der Waals surface area contributed by atoms with E-state index in [0.29, 0.717) is 0 Å². The Kier molecular flexibility index (Phi) is 3.79. The molecule has 0 amide bonds. The van der Waals surface area contributed by atoms with Gasteiger partial charge in [-0.2, -0.15) is 0 Å². The predicted octanol–water partition coefficient (Wildman–Crippen LogP) is 6.32. The van der Waals surface area contributed by atoms with Crippen LogP contribution in [0.1, 0.15) is 24.0 Å². The van der Waals surface area contributed by atoms with E-state index in [1.54, 1.807) is 11.1 Å². The smallest absolute Gasteiger partial charge is 0.0702 e. The van der Waals surface area contributed by atoms with Crippen molar-refractivity contribution in [3.05, 3.63) is 95.2 Å². The fourth-order valence-corrected chi connectivity index (χ4v) is 4.22. The summed E-state index contributed by atoms with van der Waals surface area (Å²) in [5.74, 6) is 0. The lowest BCUT2D eigenvalue weighted by atomic mass is 9.86. The minimum atomic E-state index is 1.10. The van der Waals surface area contributed by atoms with Crippen LogP contribution >= 0.6 is 0 Å². The number of rotatable bonds is 0. The highest BCUT2D eigenvalue weighted by molar-refractivity contribution is 6.08. The number of hydrogen-bond donors (Lipinski definition) is 0. The van der Waals surface area contributed by atoms with E-state index in [-0.39, 0.29) is 0 Å². The van der Waals surface area contributed by atoms with Crippen molar-refractivity contribution in [2.75, 3.05) is 0 Å². The number of benzene rings is 3. The molecule has 0 saturated heterocycles. The fraction of sp³-hybridized carbons (Fsp3) is 0.160. The van der Waals surface area contributed by atoms with E-state index in [2.05, 4.69) is 59.6 Å². The van der Waals surface area contributed by atoms with Crippen molar-refractivity contribution in [2.24, 2.45) is 4.99 Å². The Morgan fingerprint density at radius 2 is 1.62 bits per heavy atom. The van der Waals surface area contributed by atoms with Gasteiger partial charge in [0, 0.05) is 11.8 Å². The zero-order chi connectivity index (χ0) is 17.3. The van der Waals surface area contributed by atoms with Crippen LogP contribution in [0, 0.1) is 0 Å². The Balaban J connectivity index is 0.000000156. The van der Waals surface area contributed by atoms with Crippen molar-refractivity contribution in [1.82, 2.24) is 0 Å². The molecule has 1 aliphatic heterocycles. The zero-order valence-corrected chi connectivity index (χ0v) is 14.8. The summed E-state index contributed by atoms with van der Waals surface area (Å²) in [6.07, 6.45) is 15.1. The van der Waals surface area contributed by atoms with Gasteiger partial charge in [0.1, 0.15) is 0 Å². The van der Waals surface area contributed by atoms with Gasteiger partial charge in [-0.25, -0.2) is 0 Å². The van der Waals surface area contributed by atoms with Crippen LogP contribution in [0.5, 0.6) is 0 Å². The molecular formula is C25H21N. The zero-order valence-electron chi connectivity index (χ0n) is 14.8. The standard InChI is InChI=1S/C18H16.C7H5N/c1-3-7-15-13(5-1)9-11-18-16-8-4-2-6-14(16)10-12-17(15)18;1-2-6-4-5-8-7(6)3-1/h1,3,5,7,9-12H,2,4,6,8H2;1-5H.